The topological polar surface area (TPSA) is 61.8 Å². The van der Waals surface area contributed by atoms with E-state index in [2.05, 4.69) is 36.0 Å². The van der Waals surface area contributed by atoms with Gasteiger partial charge in [-0.3, -0.25) is 0 Å². The molecule has 0 aromatic rings. The third-order valence-corrected chi connectivity index (χ3v) is 7.49. The minimum Gasteiger partial charge on any atom is -0.337 e. The van der Waals surface area contributed by atoms with Crippen molar-refractivity contribution in [2.45, 2.75) is 122 Å². The molecule has 0 aromatic heterocycles. The number of hydrogen-bond acceptors (Lipinski definition) is 3. The molecular formula is C24H41N3O2. The average Bonchev–Trinajstić information content (AvgIpc) is 2.67. The molecule has 0 spiro atoms. The summed E-state index contributed by atoms with van der Waals surface area (Å²) in [4.78, 5) is 30.6. The zero-order chi connectivity index (χ0) is 20.9. The van der Waals surface area contributed by atoms with Crippen molar-refractivity contribution < 1.29 is 9.59 Å². The van der Waals surface area contributed by atoms with Crippen LogP contribution in [0.25, 0.3) is 0 Å². The predicted molar refractivity (Wildman–Crippen MR) is 117 cm³/mol. The van der Waals surface area contributed by atoms with Crippen LogP contribution in [0.5, 0.6) is 0 Å². The van der Waals surface area contributed by atoms with E-state index in [4.69, 9.17) is 0 Å². The van der Waals surface area contributed by atoms with Gasteiger partial charge in [0, 0.05) is 18.6 Å². The summed E-state index contributed by atoms with van der Waals surface area (Å²) in [7, 11) is 0. The van der Waals surface area contributed by atoms with Gasteiger partial charge in [0.25, 0.3) is 0 Å². The lowest BCUT2D eigenvalue weighted by Gasteiger charge is -2.46. The van der Waals surface area contributed by atoms with E-state index in [1.165, 1.54) is 38.5 Å². The van der Waals surface area contributed by atoms with Crippen LogP contribution in [0.3, 0.4) is 0 Å². The van der Waals surface area contributed by atoms with Gasteiger partial charge in [-0.15, -0.1) is 0 Å². The first-order valence-corrected chi connectivity index (χ1v) is 12.0. The average molecular weight is 404 g/mol. The maximum absolute atomic E-state index is 13.4. The highest BCUT2D eigenvalue weighted by atomic mass is 16.2. The van der Waals surface area contributed by atoms with Crippen LogP contribution < -0.4 is 5.32 Å². The number of nitrogens with zero attached hydrogens (tertiary/aromatic N) is 2. The number of isocyanates is 1. The molecule has 164 valence electrons. The zero-order valence-corrected chi connectivity index (χ0v) is 18.8. The lowest BCUT2D eigenvalue weighted by Crippen LogP contribution is -2.55. The van der Waals surface area contributed by atoms with Crippen molar-refractivity contribution in [1.82, 2.24) is 10.2 Å². The van der Waals surface area contributed by atoms with Gasteiger partial charge in [0.05, 0.1) is 6.04 Å². The molecule has 0 aromatic carbocycles. The van der Waals surface area contributed by atoms with E-state index >= 15 is 0 Å². The van der Waals surface area contributed by atoms with Crippen LogP contribution in [-0.4, -0.2) is 41.7 Å². The summed E-state index contributed by atoms with van der Waals surface area (Å²) in [5.41, 5.74) is 0.0857. The van der Waals surface area contributed by atoms with Crippen molar-refractivity contribution in [3.63, 3.8) is 0 Å². The van der Waals surface area contributed by atoms with Crippen LogP contribution in [0, 0.1) is 10.8 Å². The third-order valence-electron chi connectivity index (χ3n) is 7.49. The second-order valence-electron chi connectivity index (χ2n) is 11.1. The second kappa shape index (κ2) is 9.64. The summed E-state index contributed by atoms with van der Waals surface area (Å²) >= 11 is 0. The van der Waals surface area contributed by atoms with Crippen LogP contribution in [0.1, 0.15) is 104 Å². The molecule has 29 heavy (non-hydrogen) atoms. The fourth-order valence-corrected chi connectivity index (χ4v) is 6.61. The fourth-order valence-electron chi connectivity index (χ4n) is 6.61. The first kappa shape index (κ1) is 22.3. The number of hydrogen-bond donors (Lipinski definition) is 1. The third kappa shape index (κ3) is 6.07. The Balaban J connectivity index is 1.67. The van der Waals surface area contributed by atoms with Crippen molar-refractivity contribution in [3.05, 3.63) is 0 Å². The smallest absolute Gasteiger partial charge is 0.317 e. The molecule has 3 fully saturated rings. The Labute approximate surface area is 177 Å². The monoisotopic (exact) mass is 403 g/mol. The second-order valence-corrected chi connectivity index (χ2v) is 11.1. The highest BCUT2D eigenvalue weighted by Gasteiger charge is 2.42. The lowest BCUT2D eigenvalue weighted by atomic mass is 9.63. The molecule has 0 saturated heterocycles. The van der Waals surface area contributed by atoms with E-state index < -0.39 is 0 Å². The van der Waals surface area contributed by atoms with Gasteiger partial charge in [0.15, 0.2) is 0 Å². The number of rotatable bonds is 5. The number of aliphatic imine (C=N–C) groups is 1. The van der Waals surface area contributed by atoms with Crippen molar-refractivity contribution in [2.75, 3.05) is 6.54 Å². The number of carbonyl (C=O) groups is 1. The summed E-state index contributed by atoms with van der Waals surface area (Å²) in [6, 6.07) is 0.986. The molecular weight excluding hydrogens is 362 g/mol. The minimum absolute atomic E-state index is 0.0194. The SMILES string of the molecule is CC1(C)CC(N=C=O)CC(C)(CNC(=O)N(C2CCCCC2)C2CCCCC2)C1. The number of nitrogens with one attached hydrogen (secondary N) is 1. The van der Waals surface area contributed by atoms with E-state index in [-0.39, 0.29) is 22.9 Å². The Hall–Kier alpha value is -1.35. The van der Waals surface area contributed by atoms with Gasteiger partial charge in [-0.2, -0.15) is 0 Å². The van der Waals surface area contributed by atoms with Gasteiger partial charge < -0.3 is 10.2 Å². The maximum atomic E-state index is 13.4. The van der Waals surface area contributed by atoms with Gasteiger partial charge in [0.2, 0.25) is 6.08 Å². The Morgan fingerprint density at radius 2 is 1.52 bits per heavy atom. The van der Waals surface area contributed by atoms with Crippen molar-refractivity contribution in [3.8, 4) is 0 Å². The van der Waals surface area contributed by atoms with Crippen molar-refractivity contribution >= 4 is 12.1 Å². The van der Waals surface area contributed by atoms with E-state index in [0.717, 1.165) is 44.9 Å². The van der Waals surface area contributed by atoms with Gasteiger partial charge in [-0.25, -0.2) is 14.6 Å². The molecule has 0 aliphatic heterocycles. The summed E-state index contributed by atoms with van der Waals surface area (Å²) < 4.78 is 0. The molecule has 3 saturated carbocycles. The molecule has 3 aliphatic rings. The highest BCUT2D eigenvalue weighted by Crippen LogP contribution is 2.46. The quantitative estimate of drug-likeness (QED) is 0.481. The van der Waals surface area contributed by atoms with Crippen LogP contribution in [0.4, 0.5) is 4.79 Å². The van der Waals surface area contributed by atoms with Gasteiger partial charge in [-0.1, -0.05) is 59.3 Å². The molecule has 0 heterocycles. The Morgan fingerprint density at radius 3 is 2.03 bits per heavy atom. The Bertz CT molecular complexity index is 583. The van der Waals surface area contributed by atoms with E-state index in [1.807, 2.05) is 0 Å². The standard InChI is InChI=1S/C24H41N3O2/c1-23(2)14-19(26-18-28)15-24(3,16-23)17-25-22(29)27(20-10-6-4-7-11-20)21-12-8-5-9-13-21/h19-21H,4-17H2,1-3H3,(H,25,29). The van der Waals surface area contributed by atoms with E-state index in [1.54, 1.807) is 6.08 Å². The molecule has 3 rings (SSSR count). The van der Waals surface area contributed by atoms with Crippen LogP contribution >= 0.6 is 0 Å². The molecule has 2 atom stereocenters. The summed E-state index contributed by atoms with van der Waals surface area (Å²) in [6.07, 6.45) is 16.8. The predicted octanol–water partition coefficient (Wildman–Crippen LogP) is 5.58. The summed E-state index contributed by atoms with van der Waals surface area (Å²) in [6.45, 7) is 7.40. The lowest BCUT2D eigenvalue weighted by molar-refractivity contribution is 0.0742. The zero-order valence-electron chi connectivity index (χ0n) is 18.8. The summed E-state index contributed by atoms with van der Waals surface area (Å²) in [5.74, 6) is 0. The van der Waals surface area contributed by atoms with Gasteiger partial charge >= 0.3 is 6.03 Å². The Kier molecular flexibility index (Phi) is 7.42. The number of urea groups is 1. The van der Waals surface area contributed by atoms with Crippen molar-refractivity contribution in [1.29, 1.82) is 0 Å². The first-order valence-electron chi connectivity index (χ1n) is 12.0. The maximum Gasteiger partial charge on any atom is 0.317 e. The Morgan fingerprint density at radius 1 is 0.966 bits per heavy atom. The van der Waals surface area contributed by atoms with Crippen LogP contribution in [0.2, 0.25) is 0 Å². The number of amides is 2. The molecule has 5 nitrogen and oxygen atoms in total. The van der Waals surface area contributed by atoms with Gasteiger partial charge in [-0.05, 0) is 55.8 Å². The molecule has 2 unspecified atom stereocenters. The fraction of sp³-hybridized carbons (Fsp3) is 0.917. The van der Waals surface area contributed by atoms with Crippen molar-refractivity contribution in [2.24, 2.45) is 15.8 Å². The molecule has 1 N–H and O–H groups in total. The first-order chi connectivity index (χ1) is 13.8. The normalized spacial score (nSPS) is 30.9. The van der Waals surface area contributed by atoms with E-state index in [0.29, 0.717) is 18.6 Å². The molecule has 5 heteroatoms. The number of carbonyl (C=O) groups excluding carboxylic acids is 2. The van der Waals surface area contributed by atoms with E-state index in [9.17, 15) is 9.59 Å². The van der Waals surface area contributed by atoms with Crippen LogP contribution in [-0.2, 0) is 4.79 Å². The highest BCUT2D eigenvalue weighted by molar-refractivity contribution is 5.75. The molecule has 0 bridgehead atoms. The molecule has 2 amide bonds. The summed E-state index contributed by atoms with van der Waals surface area (Å²) in [5, 5.41) is 3.33. The minimum atomic E-state index is -0.0345. The molecule has 0 radical (unpaired) electrons. The van der Waals surface area contributed by atoms with Gasteiger partial charge in [0.1, 0.15) is 0 Å². The largest absolute Gasteiger partial charge is 0.337 e. The molecule has 3 aliphatic carbocycles. The van der Waals surface area contributed by atoms with Crippen LogP contribution in [0.15, 0.2) is 4.99 Å².